The molecule has 8 nitrogen and oxygen atoms in total. The van der Waals surface area contributed by atoms with Gasteiger partial charge in [0.1, 0.15) is 6.04 Å². The van der Waals surface area contributed by atoms with Gasteiger partial charge >= 0.3 is 0 Å². The number of carbonyl (C=O) groups is 2. The van der Waals surface area contributed by atoms with Crippen LogP contribution in [0.15, 0.2) is 28.8 Å². The molecule has 2 rings (SSSR count). The molecule has 0 saturated carbocycles. The maximum Gasteiger partial charge on any atom is 0.250 e. The van der Waals surface area contributed by atoms with Gasteiger partial charge < -0.3 is 26.6 Å². The minimum Gasteiger partial charge on any atom is -0.373 e. The average molecular weight is 331 g/mol. The molecule has 2 aromatic rings. The Balaban J connectivity index is 2.33. The van der Waals surface area contributed by atoms with Gasteiger partial charge in [-0.3, -0.25) is 9.59 Å². The number of nitrogens with two attached hydrogens (primary N) is 2. The Morgan fingerprint density at radius 3 is 2.42 bits per heavy atom. The largest absolute Gasteiger partial charge is 0.373 e. The molecular weight excluding hydrogens is 310 g/mol. The molecule has 6 N–H and O–H groups in total. The van der Waals surface area contributed by atoms with Crippen molar-refractivity contribution in [3.63, 3.8) is 0 Å². The van der Waals surface area contributed by atoms with Crippen molar-refractivity contribution in [2.24, 2.45) is 17.4 Å². The lowest BCUT2D eigenvalue weighted by Crippen LogP contribution is -2.39. The van der Waals surface area contributed by atoms with E-state index in [-0.39, 0.29) is 11.5 Å². The van der Waals surface area contributed by atoms with Crippen LogP contribution in [0.2, 0.25) is 0 Å². The summed E-state index contributed by atoms with van der Waals surface area (Å²) < 4.78 is 5.09. The molecule has 0 radical (unpaired) electrons. The molecule has 1 atom stereocenters. The van der Waals surface area contributed by atoms with Crippen LogP contribution in [-0.4, -0.2) is 23.0 Å². The van der Waals surface area contributed by atoms with Crippen LogP contribution in [-0.2, 0) is 4.79 Å². The van der Waals surface area contributed by atoms with E-state index < -0.39 is 17.9 Å². The van der Waals surface area contributed by atoms with Crippen LogP contribution in [0, 0.1) is 12.8 Å². The predicted molar refractivity (Wildman–Crippen MR) is 90.9 cm³/mol. The number of benzene rings is 1. The van der Waals surface area contributed by atoms with E-state index in [0.717, 1.165) is 0 Å². The highest BCUT2D eigenvalue weighted by molar-refractivity contribution is 6.00. The molecule has 2 amide bonds. The second-order valence-electron chi connectivity index (χ2n) is 5.85. The molecule has 1 aromatic carbocycles. The smallest absolute Gasteiger partial charge is 0.250 e. The molecule has 0 bridgehead atoms. The molecule has 1 aromatic heterocycles. The van der Waals surface area contributed by atoms with E-state index in [1.807, 2.05) is 13.8 Å². The Labute approximate surface area is 139 Å². The third-order valence-electron chi connectivity index (χ3n) is 3.47. The molecular formula is C16H21N5O3. The average Bonchev–Trinajstić information content (AvgIpc) is 2.89. The number of rotatable bonds is 7. The number of aromatic nitrogens is 1. The van der Waals surface area contributed by atoms with Gasteiger partial charge in [0, 0.05) is 11.8 Å². The van der Waals surface area contributed by atoms with Crippen molar-refractivity contribution in [3.8, 4) is 0 Å². The fourth-order valence-corrected chi connectivity index (χ4v) is 2.25. The summed E-state index contributed by atoms with van der Waals surface area (Å²) in [5.41, 5.74) is 12.9. The van der Waals surface area contributed by atoms with Crippen molar-refractivity contribution in [1.82, 2.24) is 5.16 Å². The fraction of sp³-hybridized carbons (Fsp3) is 0.312. The molecule has 0 aliphatic heterocycles. The van der Waals surface area contributed by atoms with Gasteiger partial charge in [-0.25, -0.2) is 0 Å². The van der Waals surface area contributed by atoms with E-state index >= 15 is 0 Å². The Morgan fingerprint density at radius 1 is 1.21 bits per heavy atom. The van der Waals surface area contributed by atoms with Gasteiger partial charge in [0.2, 0.25) is 11.8 Å². The molecule has 24 heavy (non-hydrogen) atoms. The van der Waals surface area contributed by atoms with Crippen LogP contribution >= 0.6 is 0 Å². The maximum absolute atomic E-state index is 11.6. The second-order valence-corrected chi connectivity index (χ2v) is 5.85. The molecule has 0 saturated heterocycles. The first-order valence-corrected chi connectivity index (χ1v) is 7.48. The lowest BCUT2D eigenvalue weighted by molar-refractivity contribution is -0.119. The Morgan fingerprint density at radius 2 is 1.92 bits per heavy atom. The maximum atomic E-state index is 11.6. The highest BCUT2D eigenvalue weighted by Crippen LogP contribution is 2.26. The van der Waals surface area contributed by atoms with Crippen molar-refractivity contribution < 1.29 is 14.1 Å². The van der Waals surface area contributed by atoms with Crippen molar-refractivity contribution >= 4 is 29.1 Å². The number of hydrogen-bond donors (Lipinski definition) is 4. The van der Waals surface area contributed by atoms with Crippen molar-refractivity contribution in [3.05, 3.63) is 35.5 Å². The lowest BCUT2D eigenvalue weighted by Gasteiger charge is -2.21. The number of primary amides is 2. The van der Waals surface area contributed by atoms with Crippen LogP contribution in [0.4, 0.5) is 17.3 Å². The monoisotopic (exact) mass is 331 g/mol. The molecule has 128 valence electrons. The summed E-state index contributed by atoms with van der Waals surface area (Å²) >= 11 is 0. The lowest BCUT2D eigenvalue weighted by atomic mass is 10.0. The third kappa shape index (κ3) is 4.03. The fourth-order valence-electron chi connectivity index (χ4n) is 2.25. The zero-order valence-corrected chi connectivity index (χ0v) is 13.8. The number of carbonyl (C=O) groups excluding carboxylic acids is 2. The molecule has 0 aliphatic carbocycles. The molecule has 1 heterocycles. The second kappa shape index (κ2) is 7.03. The minimum atomic E-state index is -0.587. The van der Waals surface area contributed by atoms with E-state index in [2.05, 4.69) is 15.8 Å². The van der Waals surface area contributed by atoms with Gasteiger partial charge in [0.15, 0.2) is 0 Å². The van der Waals surface area contributed by atoms with Gasteiger partial charge in [0.25, 0.3) is 5.91 Å². The number of aryl methyl sites for hydroxylation is 1. The Bertz CT molecular complexity index is 754. The topological polar surface area (TPSA) is 136 Å². The summed E-state index contributed by atoms with van der Waals surface area (Å²) in [6.45, 7) is 5.55. The molecule has 0 fully saturated rings. The highest BCUT2D eigenvalue weighted by Gasteiger charge is 2.20. The van der Waals surface area contributed by atoms with Crippen LogP contribution in [0.5, 0.6) is 0 Å². The zero-order chi connectivity index (χ0) is 17.9. The molecule has 0 aliphatic rings. The Kier molecular flexibility index (Phi) is 5.08. The summed E-state index contributed by atoms with van der Waals surface area (Å²) in [5.74, 6) is -0.658. The van der Waals surface area contributed by atoms with E-state index in [1.165, 1.54) is 0 Å². The number of anilines is 3. The summed E-state index contributed by atoms with van der Waals surface area (Å²) in [5, 5.41) is 9.80. The van der Waals surface area contributed by atoms with E-state index in [1.54, 1.807) is 31.2 Å². The van der Waals surface area contributed by atoms with E-state index in [9.17, 15) is 9.59 Å². The van der Waals surface area contributed by atoms with E-state index in [4.69, 9.17) is 16.0 Å². The van der Waals surface area contributed by atoms with Gasteiger partial charge in [-0.15, -0.1) is 0 Å². The number of amides is 2. The quantitative estimate of drug-likeness (QED) is 0.610. The molecule has 1 unspecified atom stereocenters. The number of nitrogens with one attached hydrogen (secondary N) is 2. The normalized spacial score (nSPS) is 12.0. The summed E-state index contributed by atoms with van der Waals surface area (Å²) in [6.07, 6.45) is 0. The molecule has 0 spiro atoms. The summed E-state index contributed by atoms with van der Waals surface area (Å²) in [6, 6.07) is 6.04. The third-order valence-corrected chi connectivity index (χ3v) is 3.47. The van der Waals surface area contributed by atoms with Crippen LogP contribution < -0.4 is 22.1 Å². The minimum absolute atomic E-state index is 0.00616. The van der Waals surface area contributed by atoms with Gasteiger partial charge in [-0.1, -0.05) is 19.0 Å². The number of nitrogens with zero attached hydrogens (tertiary/aromatic N) is 1. The number of hydrogen-bond acceptors (Lipinski definition) is 6. The zero-order valence-electron chi connectivity index (χ0n) is 13.8. The van der Waals surface area contributed by atoms with Crippen LogP contribution in [0.25, 0.3) is 0 Å². The SMILES string of the molecule is Cc1cc(Nc2cc(NC(C(N)=O)C(C)C)ccc2C(N)=O)on1. The Hall–Kier alpha value is -3.03. The van der Waals surface area contributed by atoms with Crippen molar-refractivity contribution in [1.29, 1.82) is 0 Å². The first-order chi connectivity index (χ1) is 11.3. The first kappa shape index (κ1) is 17.3. The van der Waals surface area contributed by atoms with Gasteiger partial charge in [-0.05, 0) is 31.0 Å². The van der Waals surface area contributed by atoms with E-state index in [0.29, 0.717) is 23.0 Å². The highest BCUT2D eigenvalue weighted by atomic mass is 16.5. The summed E-state index contributed by atoms with van der Waals surface area (Å²) in [7, 11) is 0. The van der Waals surface area contributed by atoms with Crippen LogP contribution in [0.1, 0.15) is 29.9 Å². The molecule has 8 heteroatoms. The van der Waals surface area contributed by atoms with Crippen LogP contribution in [0.3, 0.4) is 0 Å². The standard InChI is InChI=1S/C16H21N5O3/c1-8(2)14(16(18)23)19-10-4-5-11(15(17)22)12(7-10)20-13-6-9(3)21-24-13/h4-8,14,19-20H,1-3H3,(H2,17,22)(H2,18,23). The van der Waals surface area contributed by atoms with Gasteiger partial charge in [-0.2, -0.15) is 0 Å². The first-order valence-electron chi connectivity index (χ1n) is 7.48. The predicted octanol–water partition coefficient (Wildman–Crippen LogP) is 1.75. The van der Waals surface area contributed by atoms with Gasteiger partial charge in [0.05, 0.1) is 16.9 Å². The summed E-state index contributed by atoms with van der Waals surface area (Å²) in [4.78, 5) is 23.2. The van der Waals surface area contributed by atoms with Crippen molar-refractivity contribution in [2.75, 3.05) is 10.6 Å². The van der Waals surface area contributed by atoms with Crippen molar-refractivity contribution in [2.45, 2.75) is 26.8 Å².